The van der Waals surface area contributed by atoms with Crippen molar-refractivity contribution in [1.82, 2.24) is 4.98 Å². The Hall–Kier alpha value is -3.21. The van der Waals surface area contributed by atoms with Gasteiger partial charge in [-0.05, 0) is 41.3 Å². The van der Waals surface area contributed by atoms with Gasteiger partial charge < -0.3 is 20.3 Å². The molecule has 0 aliphatic rings. The number of pyridine rings is 1. The number of fused-ring (bicyclic) bond motifs is 1. The molecule has 0 spiro atoms. The number of hydrogen-bond acceptors (Lipinski definition) is 6. The zero-order valence-electron chi connectivity index (χ0n) is 14.6. The lowest BCUT2D eigenvalue weighted by Crippen LogP contribution is -2.23. The minimum Gasteiger partial charge on any atom is -0.497 e. The number of hydrogen-bond donors (Lipinski definition) is 3. The van der Waals surface area contributed by atoms with Crippen molar-refractivity contribution in [3.8, 4) is 22.9 Å². The van der Waals surface area contributed by atoms with Crippen LogP contribution in [-0.4, -0.2) is 41.6 Å². The summed E-state index contributed by atoms with van der Waals surface area (Å²) in [7, 11) is 1.53. The number of ether oxygens (including phenoxy) is 1. The number of nitrogens with one attached hydrogen (secondary N) is 1. The third-order valence-electron chi connectivity index (χ3n) is 4.15. The molecule has 0 unspecified atom stereocenters. The number of anilines is 1. The van der Waals surface area contributed by atoms with Gasteiger partial charge in [0.05, 0.1) is 19.8 Å². The predicted octanol–water partition coefficient (Wildman–Crippen LogP) is 2.69. The van der Waals surface area contributed by atoms with Gasteiger partial charge in [0.15, 0.2) is 5.69 Å². The van der Waals surface area contributed by atoms with Crippen LogP contribution in [0.25, 0.3) is 21.9 Å². The van der Waals surface area contributed by atoms with Crippen molar-refractivity contribution in [2.24, 2.45) is 0 Å². The highest BCUT2D eigenvalue weighted by atomic mass is 19.1. The highest BCUT2D eigenvalue weighted by molar-refractivity contribution is 6.04. The minimum atomic E-state index is -0.964. The molecule has 3 N–H and O–H groups in total. The van der Waals surface area contributed by atoms with Crippen LogP contribution in [0.1, 0.15) is 5.69 Å². The summed E-state index contributed by atoms with van der Waals surface area (Å²) in [5, 5.41) is 32.5. The van der Waals surface area contributed by atoms with Crippen molar-refractivity contribution in [3.63, 3.8) is 0 Å². The largest absolute Gasteiger partial charge is 0.497 e. The first-order valence-electron chi connectivity index (χ1n) is 8.28. The van der Waals surface area contributed by atoms with Crippen LogP contribution in [0.2, 0.25) is 0 Å². The van der Waals surface area contributed by atoms with E-state index in [9.17, 15) is 14.8 Å². The molecule has 2 aromatic carbocycles. The summed E-state index contributed by atoms with van der Waals surface area (Å²) in [6.07, 6.45) is -0.964. The number of methoxy groups -OCH3 is 1. The van der Waals surface area contributed by atoms with Gasteiger partial charge >= 0.3 is 0 Å². The predicted molar refractivity (Wildman–Crippen MR) is 100.0 cm³/mol. The Morgan fingerprint density at radius 3 is 2.74 bits per heavy atom. The lowest BCUT2D eigenvalue weighted by molar-refractivity contribution is 0.105. The Labute approximate surface area is 155 Å². The van der Waals surface area contributed by atoms with Crippen molar-refractivity contribution in [2.45, 2.75) is 6.10 Å². The molecular formula is C20H18FN3O3. The summed E-state index contributed by atoms with van der Waals surface area (Å²) < 4.78 is 19.1. The van der Waals surface area contributed by atoms with E-state index in [1.807, 2.05) is 0 Å². The second-order valence-corrected chi connectivity index (χ2v) is 5.93. The smallest absolute Gasteiger partial charge is 0.151 e. The Morgan fingerprint density at radius 2 is 2.07 bits per heavy atom. The summed E-state index contributed by atoms with van der Waals surface area (Å²) in [5.41, 5.74) is 1.14. The Bertz CT molecular complexity index is 1020. The SMILES string of the molecule is COc1ccc2c(NC[C@H](O)CO)nc(C#N)c(-c3cccc(F)c3)c2c1. The Balaban J connectivity index is 2.26. The zero-order valence-corrected chi connectivity index (χ0v) is 14.6. The molecule has 1 aromatic heterocycles. The number of benzene rings is 2. The molecule has 138 valence electrons. The summed E-state index contributed by atoms with van der Waals surface area (Å²) in [5.74, 6) is 0.550. The van der Waals surface area contributed by atoms with E-state index >= 15 is 0 Å². The van der Waals surface area contributed by atoms with Gasteiger partial charge in [0.2, 0.25) is 0 Å². The molecule has 3 rings (SSSR count). The summed E-state index contributed by atoms with van der Waals surface area (Å²) in [6.45, 7) is -0.333. The summed E-state index contributed by atoms with van der Waals surface area (Å²) in [6, 6.07) is 13.3. The topological polar surface area (TPSA) is 98.4 Å². The first-order chi connectivity index (χ1) is 13.1. The molecule has 6 nitrogen and oxygen atoms in total. The van der Waals surface area contributed by atoms with Crippen molar-refractivity contribution >= 4 is 16.6 Å². The fourth-order valence-electron chi connectivity index (χ4n) is 2.85. The van der Waals surface area contributed by atoms with Crippen molar-refractivity contribution in [2.75, 3.05) is 25.6 Å². The number of aliphatic hydroxyl groups excluding tert-OH is 2. The third-order valence-corrected chi connectivity index (χ3v) is 4.15. The van der Waals surface area contributed by atoms with E-state index < -0.39 is 18.5 Å². The highest BCUT2D eigenvalue weighted by Gasteiger charge is 2.17. The molecule has 3 aromatic rings. The molecule has 0 radical (unpaired) electrons. The third kappa shape index (κ3) is 3.82. The number of rotatable bonds is 6. The average Bonchev–Trinajstić information content (AvgIpc) is 2.70. The molecule has 0 fully saturated rings. The molecule has 0 amide bonds. The molecule has 0 saturated carbocycles. The van der Waals surface area contributed by atoms with E-state index in [2.05, 4.69) is 16.4 Å². The lowest BCUT2D eigenvalue weighted by atomic mass is 9.96. The maximum atomic E-state index is 13.8. The van der Waals surface area contributed by atoms with Crippen LogP contribution in [-0.2, 0) is 0 Å². The highest BCUT2D eigenvalue weighted by Crippen LogP contribution is 2.36. The number of aliphatic hydroxyl groups is 2. The van der Waals surface area contributed by atoms with E-state index in [1.54, 1.807) is 30.3 Å². The lowest BCUT2D eigenvalue weighted by Gasteiger charge is -2.16. The maximum absolute atomic E-state index is 13.8. The van der Waals surface area contributed by atoms with Gasteiger partial charge in [-0.2, -0.15) is 5.26 Å². The monoisotopic (exact) mass is 367 g/mol. The minimum absolute atomic E-state index is 0.0643. The molecule has 27 heavy (non-hydrogen) atoms. The van der Waals surface area contributed by atoms with Crippen LogP contribution >= 0.6 is 0 Å². The molecular weight excluding hydrogens is 349 g/mol. The van der Waals surface area contributed by atoms with E-state index in [-0.39, 0.29) is 12.2 Å². The first-order valence-corrected chi connectivity index (χ1v) is 8.28. The van der Waals surface area contributed by atoms with E-state index in [0.717, 1.165) is 0 Å². The molecule has 1 atom stereocenters. The summed E-state index contributed by atoms with van der Waals surface area (Å²) >= 11 is 0. The first kappa shape index (κ1) is 18.6. The molecule has 7 heteroatoms. The fourth-order valence-corrected chi connectivity index (χ4v) is 2.85. The summed E-state index contributed by atoms with van der Waals surface area (Å²) in [4.78, 5) is 4.36. The van der Waals surface area contributed by atoms with Gasteiger partial charge in [0.1, 0.15) is 23.5 Å². The van der Waals surface area contributed by atoms with Gasteiger partial charge in [-0.15, -0.1) is 0 Å². The van der Waals surface area contributed by atoms with Gasteiger partial charge in [0.25, 0.3) is 0 Å². The van der Waals surface area contributed by atoms with Gasteiger partial charge in [-0.25, -0.2) is 9.37 Å². The standard InChI is InChI=1S/C20H18FN3O3/c1-27-15-5-6-16-17(8-15)19(12-3-2-4-13(21)7-12)18(9-22)24-20(16)23-10-14(26)11-25/h2-8,14,25-26H,10-11H2,1H3,(H,23,24)/t14-/m0/s1. The van der Waals surface area contributed by atoms with Gasteiger partial charge in [-0.1, -0.05) is 12.1 Å². The molecule has 0 aliphatic carbocycles. The number of aromatic nitrogens is 1. The second kappa shape index (κ2) is 7.99. The van der Waals surface area contributed by atoms with Gasteiger partial charge in [0, 0.05) is 17.5 Å². The normalized spacial score (nSPS) is 11.8. The van der Waals surface area contributed by atoms with Crippen LogP contribution in [0.3, 0.4) is 0 Å². The van der Waals surface area contributed by atoms with E-state index in [0.29, 0.717) is 33.5 Å². The number of halogens is 1. The van der Waals surface area contributed by atoms with Crippen molar-refractivity contribution < 1.29 is 19.3 Å². The van der Waals surface area contributed by atoms with Crippen LogP contribution in [0.5, 0.6) is 5.75 Å². The Morgan fingerprint density at radius 1 is 1.26 bits per heavy atom. The van der Waals surface area contributed by atoms with Gasteiger partial charge in [-0.3, -0.25) is 0 Å². The quantitative estimate of drug-likeness (QED) is 0.620. The van der Waals surface area contributed by atoms with E-state index in [4.69, 9.17) is 9.84 Å². The van der Waals surface area contributed by atoms with Crippen LogP contribution in [0, 0.1) is 17.1 Å². The fraction of sp³-hybridized carbons (Fsp3) is 0.200. The molecule has 0 bridgehead atoms. The second-order valence-electron chi connectivity index (χ2n) is 5.93. The number of nitriles is 1. The molecule has 1 heterocycles. The Kier molecular flexibility index (Phi) is 5.50. The number of nitrogens with zero attached hydrogens (tertiary/aromatic N) is 2. The zero-order chi connectivity index (χ0) is 19.4. The molecule has 0 saturated heterocycles. The van der Waals surface area contributed by atoms with Crippen molar-refractivity contribution in [3.05, 3.63) is 54.0 Å². The molecule has 0 aliphatic heterocycles. The van der Waals surface area contributed by atoms with E-state index in [1.165, 1.54) is 19.2 Å². The maximum Gasteiger partial charge on any atom is 0.151 e. The van der Waals surface area contributed by atoms with Crippen molar-refractivity contribution in [1.29, 1.82) is 5.26 Å². The average molecular weight is 367 g/mol. The van der Waals surface area contributed by atoms with Crippen LogP contribution in [0.15, 0.2) is 42.5 Å². The van der Waals surface area contributed by atoms with Crippen LogP contribution < -0.4 is 10.1 Å². The van der Waals surface area contributed by atoms with Crippen LogP contribution in [0.4, 0.5) is 10.2 Å².